The Labute approximate surface area is 217 Å². The minimum atomic E-state index is -0.405. The van der Waals surface area contributed by atoms with Gasteiger partial charge in [0.15, 0.2) is 6.61 Å². The van der Waals surface area contributed by atoms with Gasteiger partial charge in [0.25, 0.3) is 0 Å². The molecule has 2 aromatic carbocycles. The molecule has 3 aromatic rings. The number of aromatic amines is 1. The molecule has 0 bridgehead atoms. The standard InChI is InChI=1S/C23H23ClN2O4.C6H12/c1-3-29-21(28)13-30-17-7-4-15(5-8-17)23-22-18(10-11-26(23)14(2)27)19-12-16(24)6-9-20(19)25-22;1-2-6-4-3-5-6/h4-9,12,23,25H,3,10-11,13H2,1-2H3;6H,2-5H2,1H3. The lowest BCUT2D eigenvalue weighted by molar-refractivity contribution is -0.145. The number of aromatic nitrogens is 1. The molecule has 1 amide bonds. The molecule has 0 saturated heterocycles. The van der Waals surface area contributed by atoms with Crippen molar-refractivity contribution in [1.29, 1.82) is 0 Å². The quantitative estimate of drug-likeness (QED) is 0.386. The number of nitrogens with zero attached hydrogens (tertiary/aromatic N) is 1. The summed E-state index contributed by atoms with van der Waals surface area (Å²) in [6.07, 6.45) is 6.71. The second-order valence-electron chi connectivity index (χ2n) is 9.44. The first-order chi connectivity index (χ1) is 17.4. The first-order valence-corrected chi connectivity index (χ1v) is 13.2. The maximum atomic E-state index is 12.4. The summed E-state index contributed by atoms with van der Waals surface area (Å²) in [5, 5.41) is 1.79. The maximum absolute atomic E-state index is 12.4. The van der Waals surface area contributed by atoms with Crippen molar-refractivity contribution < 1.29 is 19.1 Å². The van der Waals surface area contributed by atoms with Crippen LogP contribution in [-0.4, -0.2) is 41.5 Å². The molecule has 6 nitrogen and oxygen atoms in total. The van der Waals surface area contributed by atoms with Gasteiger partial charge in [-0.1, -0.05) is 56.3 Å². The van der Waals surface area contributed by atoms with Crippen LogP contribution < -0.4 is 4.74 Å². The molecule has 1 aromatic heterocycles. The van der Waals surface area contributed by atoms with Crippen LogP contribution >= 0.6 is 11.6 Å². The van der Waals surface area contributed by atoms with Gasteiger partial charge in [0, 0.05) is 35.1 Å². The normalized spacial score (nSPS) is 17.0. The van der Waals surface area contributed by atoms with E-state index in [4.69, 9.17) is 21.1 Å². The molecular weight excluding hydrogens is 476 g/mol. The Morgan fingerprint density at radius 3 is 2.44 bits per heavy atom. The summed E-state index contributed by atoms with van der Waals surface area (Å²) in [7, 11) is 0. The Morgan fingerprint density at radius 2 is 1.86 bits per heavy atom. The van der Waals surface area contributed by atoms with Crippen molar-refractivity contribution in [3.63, 3.8) is 0 Å². The minimum absolute atomic E-state index is 0.0185. The molecule has 1 aliphatic carbocycles. The minimum Gasteiger partial charge on any atom is -0.482 e. The topological polar surface area (TPSA) is 71.6 Å². The van der Waals surface area contributed by atoms with E-state index in [9.17, 15) is 9.59 Å². The van der Waals surface area contributed by atoms with Crippen LogP contribution in [0.25, 0.3) is 10.9 Å². The molecule has 192 valence electrons. The molecule has 36 heavy (non-hydrogen) atoms. The zero-order valence-electron chi connectivity index (χ0n) is 21.3. The van der Waals surface area contributed by atoms with Crippen molar-refractivity contribution in [2.45, 2.75) is 58.9 Å². The third kappa shape index (κ3) is 5.86. The SMILES string of the molecule is CCC1CCC1.CCOC(=O)COc1ccc(C2c3[nH]c4ccc(Cl)cc4c3CCN2C(C)=O)cc1. The van der Waals surface area contributed by atoms with E-state index in [1.165, 1.54) is 31.2 Å². The first-order valence-electron chi connectivity index (χ1n) is 12.9. The van der Waals surface area contributed by atoms with Gasteiger partial charge in [0.2, 0.25) is 5.91 Å². The number of esters is 1. The molecule has 1 fully saturated rings. The number of carbonyl (C=O) groups is 2. The van der Waals surface area contributed by atoms with E-state index in [1.807, 2.05) is 35.2 Å². The average molecular weight is 511 g/mol. The molecule has 5 rings (SSSR count). The van der Waals surface area contributed by atoms with Crippen LogP contribution in [0.15, 0.2) is 42.5 Å². The summed E-state index contributed by atoms with van der Waals surface area (Å²) in [4.78, 5) is 29.2. The van der Waals surface area contributed by atoms with Gasteiger partial charge in [-0.05, 0) is 60.7 Å². The molecule has 7 heteroatoms. The van der Waals surface area contributed by atoms with E-state index in [-0.39, 0.29) is 18.6 Å². The predicted molar refractivity (Wildman–Crippen MR) is 142 cm³/mol. The number of benzene rings is 2. The van der Waals surface area contributed by atoms with E-state index >= 15 is 0 Å². The van der Waals surface area contributed by atoms with E-state index in [1.54, 1.807) is 26.0 Å². The largest absolute Gasteiger partial charge is 0.482 e. The third-order valence-corrected chi connectivity index (χ3v) is 7.39. The van der Waals surface area contributed by atoms with Crippen molar-refractivity contribution in [3.05, 3.63) is 64.3 Å². The van der Waals surface area contributed by atoms with Crippen molar-refractivity contribution in [3.8, 4) is 5.75 Å². The Balaban J connectivity index is 0.000000445. The Morgan fingerprint density at radius 1 is 1.11 bits per heavy atom. The summed E-state index contributed by atoms with van der Waals surface area (Å²) >= 11 is 6.21. The smallest absolute Gasteiger partial charge is 0.344 e. The van der Waals surface area contributed by atoms with Crippen LogP contribution in [0.3, 0.4) is 0 Å². The first kappa shape index (κ1) is 26.1. The van der Waals surface area contributed by atoms with Crippen LogP contribution in [0.2, 0.25) is 5.02 Å². The number of carbonyl (C=O) groups excluding carboxylic acids is 2. The zero-order valence-corrected chi connectivity index (χ0v) is 22.1. The lowest BCUT2D eigenvalue weighted by Crippen LogP contribution is -2.39. The molecule has 1 unspecified atom stereocenters. The van der Waals surface area contributed by atoms with Gasteiger partial charge in [-0.2, -0.15) is 0 Å². The van der Waals surface area contributed by atoms with Gasteiger partial charge in [-0.25, -0.2) is 4.79 Å². The number of rotatable bonds is 6. The van der Waals surface area contributed by atoms with E-state index in [0.717, 1.165) is 34.5 Å². The highest BCUT2D eigenvalue weighted by Gasteiger charge is 2.33. The maximum Gasteiger partial charge on any atom is 0.344 e. The average Bonchev–Trinajstić information content (AvgIpc) is 3.20. The summed E-state index contributed by atoms with van der Waals surface area (Å²) < 4.78 is 10.4. The lowest BCUT2D eigenvalue weighted by Gasteiger charge is -2.35. The van der Waals surface area contributed by atoms with Gasteiger partial charge >= 0.3 is 5.97 Å². The molecule has 2 aliphatic rings. The van der Waals surface area contributed by atoms with Crippen molar-refractivity contribution in [2.24, 2.45) is 5.92 Å². The predicted octanol–water partition coefficient (Wildman–Crippen LogP) is 6.45. The number of amides is 1. The van der Waals surface area contributed by atoms with Crippen LogP contribution in [-0.2, 0) is 20.7 Å². The van der Waals surface area contributed by atoms with Gasteiger partial charge in [0.05, 0.1) is 12.6 Å². The third-order valence-electron chi connectivity index (χ3n) is 7.15. The summed E-state index contributed by atoms with van der Waals surface area (Å²) in [6, 6.07) is 13.0. The van der Waals surface area contributed by atoms with Crippen LogP contribution in [0.1, 0.15) is 69.3 Å². The molecule has 1 aliphatic heterocycles. The fourth-order valence-corrected chi connectivity index (χ4v) is 5.11. The summed E-state index contributed by atoms with van der Waals surface area (Å²) in [6.45, 7) is 6.44. The zero-order chi connectivity index (χ0) is 25.7. The molecule has 0 radical (unpaired) electrons. The monoisotopic (exact) mass is 510 g/mol. The fraction of sp³-hybridized carbons (Fsp3) is 0.448. The highest BCUT2D eigenvalue weighted by molar-refractivity contribution is 6.31. The Hall–Kier alpha value is -2.99. The number of ether oxygens (including phenoxy) is 2. The fourth-order valence-electron chi connectivity index (χ4n) is 4.94. The van der Waals surface area contributed by atoms with Gasteiger partial charge in [-0.15, -0.1) is 0 Å². The van der Waals surface area contributed by atoms with E-state index in [2.05, 4.69) is 11.9 Å². The highest BCUT2D eigenvalue weighted by atomic mass is 35.5. The number of hydrogen-bond donors (Lipinski definition) is 1. The van der Waals surface area contributed by atoms with Gasteiger partial charge in [-0.3, -0.25) is 4.79 Å². The van der Waals surface area contributed by atoms with Gasteiger partial charge in [0.1, 0.15) is 5.75 Å². The number of nitrogens with one attached hydrogen (secondary N) is 1. The van der Waals surface area contributed by atoms with Gasteiger partial charge < -0.3 is 19.4 Å². The Bertz CT molecular complexity index is 1200. The summed E-state index contributed by atoms with van der Waals surface area (Å²) in [5.74, 6) is 1.30. The molecule has 0 spiro atoms. The van der Waals surface area contributed by atoms with E-state index in [0.29, 0.717) is 23.9 Å². The van der Waals surface area contributed by atoms with Crippen molar-refractivity contribution in [1.82, 2.24) is 9.88 Å². The van der Waals surface area contributed by atoms with Crippen LogP contribution in [0.5, 0.6) is 5.75 Å². The molecule has 2 heterocycles. The van der Waals surface area contributed by atoms with E-state index < -0.39 is 5.97 Å². The summed E-state index contributed by atoms with van der Waals surface area (Å²) in [5.41, 5.74) is 4.17. The van der Waals surface area contributed by atoms with Crippen molar-refractivity contribution >= 4 is 34.4 Å². The molecule has 1 atom stereocenters. The van der Waals surface area contributed by atoms with Crippen LogP contribution in [0, 0.1) is 5.92 Å². The second-order valence-corrected chi connectivity index (χ2v) is 9.88. The lowest BCUT2D eigenvalue weighted by atomic mass is 9.84. The number of hydrogen-bond acceptors (Lipinski definition) is 4. The second kappa shape index (κ2) is 11.8. The number of H-pyrrole nitrogens is 1. The molecule has 1 saturated carbocycles. The number of halogens is 1. The number of fused-ring (bicyclic) bond motifs is 3. The molecule has 1 N–H and O–H groups in total. The Kier molecular flexibility index (Phi) is 8.57. The highest BCUT2D eigenvalue weighted by Crippen LogP contribution is 2.39. The van der Waals surface area contributed by atoms with Crippen LogP contribution in [0.4, 0.5) is 0 Å². The molecular formula is C29H35ClN2O4. The van der Waals surface area contributed by atoms with Crippen molar-refractivity contribution in [2.75, 3.05) is 19.8 Å².